The van der Waals surface area contributed by atoms with Crippen molar-refractivity contribution in [1.82, 2.24) is 15.5 Å². The van der Waals surface area contributed by atoms with E-state index in [1.54, 1.807) is 12.1 Å². The van der Waals surface area contributed by atoms with Crippen LogP contribution in [0.5, 0.6) is 0 Å². The van der Waals surface area contributed by atoms with Gasteiger partial charge in [-0.15, -0.1) is 10.2 Å². The van der Waals surface area contributed by atoms with Crippen molar-refractivity contribution in [2.75, 3.05) is 18.4 Å². The molecule has 5 nitrogen and oxygen atoms in total. The van der Waals surface area contributed by atoms with Crippen LogP contribution in [0.3, 0.4) is 0 Å². The van der Waals surface area contributed by atoms with E-state index in [0.717, 1.165) is 6.54 Å². The number of aromatic nitrogens is 2. The summed E-state index contributed by atoms with van der Waals surface area (Å²) in [5, 5.41) is 14.0. The van der Waals surface area contributed by atoms with E-state index in [9.17, 15) is 4.79 Å². The molecule has 1 rings (SSSR count). The summed E-state index contributed by atoms with van der Waals surface area (Å²) in [5.41, 5.74) is 0.583. The minimum absolute atomic E-state index is 0.184. The van der Waals surface area contributed by atoms with Gasteiger partial charge in [-0.1, -0.05) is 40.0 Å². The third-order valence-corrected chi connectivity index (χ3v) is 3.44. The zero-order chi connectivity index (χ0) is 15.7. The largest absolute Gasteiger partial charge is 0.368 e. The lowest BCUT2D eigenvalue weighted by Crippen LogP contribution is -2.25. The Morgan fingerprint density at radius 1 is 1.19 bits per heavy atom. The molecule has 0 saturated heterocycles. The Labute approximate surface area is 127 Å². The van der Waals surface area contributed by atoms with Crippen LogP contribution in [0.15, 0.2) is 12.1 Å². The van der Waals surface area contributed by atoms with Gasteiger partial charge >= 0.3 is 0 Å². The van der Waals surface area contributed by atoms with Crippen molar-refractivity contribution in [1.29, 1.82) is 0 Å². The van der Waals surface area contributed by atoms with Gasteiger partial charge < -0.3 is 10.6 Å². The van der Waals surface area contributed by atoms with Crippen LogP contribution >= 0.6 is 0 Å². The van der Waals surface area contributed by atoms with Crippen molar-refractivity contribution in [2.45, 2.75) is 53.4 Å². The van der Waals surface area contributed by atoms with Gasteiger partial charge in [0.25, 0.3) is 5.91 Å². The lowest BCUT2D eigenvalue weighted by molar-refractivity contribution is 0.0950. The molecule has 0 fully saturated rings. The lowest BCUT2D eigenvalue weighted by Gasteiger charge is -2.25. The van der Waals surface area contributed by atoms with E-state index in [2.05, 4.69) is 41.6 Å². The SMILES string of the molecule is CCCCCC(C)(C)CNc1ccc(C(=O)NCC)nn1. The molecule has 5 heteroatoms. The van der Waals surface area contributed by atoms with E-state index in [0.29, 0.717) is 18.1 Å². The van der Waals surface area contributed by atoms with Gasteiger partial charge in [0.05, 0.1) is 0 Å². The molecule has 1 aromatic heterocycles. The van der Waals surface area contributed by atoms with Crippen molar-refractivity contribution < 1.29 is 4.79 Å². The minimum Gasteiger partial charge on any atom is -0.368 e. The van der Waals surface area contributed by atoms with Gasteiger partial charge in [0.1, 0.15) is 5.82 Å². The Balaban J connectivity index is 2.46. The predicted octanol–water partition coefficient (Wildman–Crippen LogP) is 3.24. The van der Waals surface area contributed by atoms with E-state index in [4.69, 9.17) is 0 Å². The summed E-state index contributed by atoms with van der Waals surface area (Å²) < 4.78 is 0. The second-order valence-electron chi connectivity index (χ2n) is 6.14. The Bertz CT molecular complexity index is 428. The van der Waals surface area contributed by atoms with Gasteiger partial charge in [0.15, 0.2) is 5.69 Å². The third-order valence-electron chi connectivity index (χ3n) is 3.44. The molecule has 0 atom stereocenters. The number of unbranched alkanes of at least 4 members (excludes halogenated alkanes) is 2. The van der Waals surface area contributed by atoms with Crippen LogP contribution in [0.4, 0.5) is 5.82 Å². The number of nitrogens with one attached hydrogen (secondary N) is 2. The lowest BCUT2D eigenvalue weighted by atomic mass is 9.87. The molecular formula is C16H28N4O. The topological polar surface area (TPSA) is 66.9 Å². The monoisotopic (exact) mass is 292 g/mol. The average molecular weight is 292 g/mol. The second kappa shape index (κ2) is 8.60. The summed E-state index contributed by atoms with van der Waals surface area (Å²) >= 11 is 0. The van der Waals surface area contributed by atoms with Gasteiger partial charge in [0.2, 0.25) is 0 Å². The van der Waals surface area contributed by atoms with Crippen molar-refractivity contribution >= 4 is 11.7 Å². The summed E-state index contributed by atoms with van der Waals surface area (Å²) in [7, 11) is 0. The molecule has 2 N–H and O–H groups in total. The Kier molecular flexibility index (Phi) is 7.12. The molecule has 21 heavy (non-hydrogen) atoms. The minimum atomic E-state index is -0.184. The zero-order valence-electron chi connectivity index (χ0n) is 13.7. The number of nitrogens with zero attached hydrogens (tertiary/aromatic N) is 2. The maximum Gasteiger partial charge on any atom is 0.271 e. The van der Waals surface area contributed by atoms with E-state index in [1.165, 1.54) is 25.7 Å². The van der Waals surface area contributed by atoms with Gasteiger partial charge in [-0.25, -0.2) is 0 Å². The fourth-order valence-electron chi connectivity index (χ4n) is 2.07. The summed E-state index contributed by atoms with van der Waals surface area (Å²) in [4.78, 5) is 11.6. The van der Waals surface area contributed by atoms with Crippen LogP contribution in [0.25, 0.3) is 0 Å². The van der Waals surface area contributed by atoms with E-state index in [1.807, 2.05) is 6.92 Å². The number of amides is 1. The number of hydrogen-bond donors (Lipinski definition) is 2. The molecule has 0 aliphatic carbocycles. The predicted molar refractivity (Wildman–Crippen MR) is 86.5 cm³/mol. The smallest absolute Gasteiger partial charge is 0.271 e. The third kappa shape index (κ3) is 6.56. The molecule has 0 aliphatic rings. The molecule has 1 aromatic rings. The van der Waals surface area contributed by atoms with Crippen molar-refractivity contribution in [2.24, 2.45) is 5.41 Å². The average Bonchev–Trinajstić information content (AvgIpc) is 2.46. The molecule has 1 heterocycles. The van der Waals surface area contributed by atoms with Crippen molar-refractivity contribution in [3.05, 3.63) is 17.8 Å². The first kappa shape index (κ1) is 17.4. The van der Waals surface area contributed by atoms with Crippen molar-refractivity contribution in [3.63, 3.8) is 0 Å². The number of anilines is 1. The van der Waals surface area contributed by atoms with E-state index < -0.39 is 0 Å². The van der Waals surface area contributed by atoms with Crippen LogP contribution in [0.2, 0.25) is 0 Å². The Hall–Kier alpha value is -1.65. The van der Waals surface area contributed by atoms with E-state index in [-0.39, 0.29) is 11.3 Å². The highest BCUT2D eigenvalue weighted by Gasteiger charge is 2.17. The first-order valence-electron chi connectivity index (χ1n) is 7.84. The zero-order valence-corrected chi connectivity index (χ0v) is 13.7. The second-order valence-corrected chi connectivity index (χ2v) is 6.14. The normalized spacial score (nSPS) is 11.2. The van der Waals surface area contributed by atoms with Crippen LogP contribution in [0.1, 0.15) is 63.9 Å². The summed E-state index contributed by atoms with van der Waals surface area (Å²) in [6.07, 6.45) is 4.98. The number of rotatable bonds is 9. The van der Waals surface area contributed by atoms with Crippen LogP contribution < -0.4 is 10.6 Å². The van der Waals surface area contributed by atoms with Crippen LogP contribution in [0, 0.1) is 5.41 Å². The van der Waals surface area contributed by atoms with E-state index >= 15 is 0 Å². The summed E-state index contributed by atoms with van der Waals surface area (Å²) in [5.74, 6) is 0.531. The molecule has 0 aromatic carbocycles. The van der Waals surface area contributed by atoms with Crippen LogP contribution in [-0.2, 0) is 0 Å². The molecule has 0 unspecified atom stereocenters. The highest BCUT2D eigenvalue weighted by Crippen LogP contribution is 2.23. The summed E-state index contributed by atoms with van der Waals surface area (Å²) in [6.45, 7) is 10.1. The molecule has 0 radical (unpaired) electrons. The molecule has 0 aliphatic heterocycles. The number of hydrogen-bond acceptors (Lipinski definition) is 4. The molecule has 0 bridgehead atoms. The maximum atomic E-state index is 11.6. The van der Waals surface area contributed by atoms with Gasteiger partial charge in [-0.2, -0.15) is 0 Å². The Morgan fingerprint density at radius 2 is 1.95 bits per heavy atom. The highest BCUT2D eigenvalue weighted by atomic mass is 16.1. The van der Waals surface area contributed by atoms with Crippen molar-refractivity contribution in [3.8, 4) is 0 Å². The standard InChI is InChI=1S/C16H28N4O/c1-5-7-8-11-16(3,4)12-18-14-10-9-13(19-20-14)15(21)17-6-2/h9-10H,5-8,11-12H2,1-4H3,(H,17,21)(H,18,20). The number of carbonyl (C=O) groups is 1. The Morgan fingerprint density at radius 3 is 2.52 bits per heavy atom. The quantitative estimate of drug-likeness (QED) is 0.686. The molecular weight excluding hydrogens is 264 g/mol. The first-order chi connectivity index (χ1) is 9.98. The molecule has 118 valence electrons. The summed E-state index contributed by atoms with van der Waals surface area (Å²) in [6, 6.07) is 3.50. The number of carbonyl (C=O) groups excluding carboxylic acids is 1. The van der Waals surface area contributed by atoms with Gasteiger partial charge in [-0.05, 0) is 30.9 Å². The maximum absolute atomic E-state index is 11.6. The van der Waals surface area contributed by atoms with Gasteiger partial charge in [0, 0.05) is 13.1 Å². The van der Waals surface area contributed by atoms with Crippen LogP contribution in [-0.4, -0.2) is 29.2 Å². The molecule has 0 spiro atoms. The molecule has 1 amide bonds. The first-order valence-corrected chi connectivity index (χ1v) is 7.84. The fourth-order valence-corrected chi connectivity index (χ4v) is 2.07. The molecule has 0 saturated carbocycles. The fraction of sp³-hybridized carbons (Fsp3) is 0.688. The van der Waals surface area contributed by atoms with Gasteiger partial charge in [-0.3, -0.25) is 4.79 Å². The highest BCUT2D eigenvalue weighted by molar-refractivity contribution is 5.92.